The Morgan fingerprint density at radius 2 is 2.10 bits per heavy atom. The lowest BCUT2D eigenvalue weighted by Gasteiger charge is -2.09. The van der Waals surface area contributed by atoms with E-state index in [2.05, 4.69) is 0 Å². The van der Waals surface area contributed by atoms with E-state index in [4.69, 9.17) is 20.1 Å². The molecule has 1 aromatic carbocycles. The predicted octanol–water partition coefficient (Wildman–Crippen LogP) is 1.67. The maximum atomic E-state index is 11.6. The van der Waals surface area contributed by atoms with Gasteiger partial charge in [-0.15, -0.1) is 0 Å². The Morgan fingerprint density at radius 3 is 2.67 bits per heavy atom. The van der Waals surface area contributed by atoms with E-state index in [1.165, 1.54) is 6.92 Å². The average Bonchev–Trinajstić information content (AvgIpc) is 2.43. The summed E-state index contributed by atoms with van der Waals surface area (Å²) >= 11 is 0. The molecule has 6 nitrogen and oxygen atoms in total. The highest BCUT2D eigenvalue weighted by Crippen LogP contribution is 2.12. The number of aryl methyl sites for hydroxylation is 1. The Bertz CT molecular complexity index is 590. The van der Waals surface area contributed by atoms with E-state index in [0.717, 1.165) is 5.56 Å². The summed E-state index contributed by atoms with van der Waals surface area (Å²) in [5, 5.41) is 16.0. The van der Waals surface area contributed by atoms with E-state index in [-0.39, 0.29) is 12.3 Å². The van der Waals surface area contributed by atoms with Crippen molar-refractivity contribution in [1.82, 2.24) is 0 Å². The zero-order valence-electron chi connectivity index (χ0n) is 11.9. The number of ketones is 1. The van der Waals surface area contributed by atoms with Crippen LogP contribution in [-0.4, -0.2) is 30.7 Å². The quantitative estimate of drug-likeness (QED) is 0.607. The number of nitrogens with one attached hydrogen (secondary N) is 1. The first-order valence-electron chi connectivity index (χ1n) is 6.26. The largest absolute Gasteiger partial charge is 0.482 e. The second-order valence-electron chi connectivity index (χ2n) is 4.48. The number of nitriles is 1. The van der Waals surface area contributed by atoms with Crippen molar-refractivity contribution >= 4 is 17.5 Å². The minimum absolute atomic E-state index is 0.0745. The van der Waals surface area contributed by atoms with Crippen LogP contribution in [0, 0.1) is 29.6 Å². The predicted molar refractivity (Wildman–Crippen MR) is 75.1 cm³/mol. The van der Waals surface area contributed by atoms with E-state index in [1.807, 2.05) is 13.0 Å². The number of ether oxygens (including phenoxy) is 2. The van der Waals surface area contributed by atoms with Crippen LogP contribution in [0.15, 0.2) is 24.3 Å². The van der Waals surface area contributed by atoms with Crippen LogP contribution in [0.5, 0.6) is 5.75 Å². The summed E-state index contributed by atoms with van der Waals surface area (Å²) < 4.78 is 9.95. The smallest absolute Gasteiger partial charge is 0.344 e. The van der Waals surface area contributed by atoms with Gasteiger partial charge in [0.2, 0.25) is 0 Å². The molecule has 1 atom stereocenters. The van der Waals surface area contributed by atoms with Crippen LogP contribution in [0.4, 0.5) is 0 Å². The Labute approximate surface area is 122 Å². The van der Waals surface area contributed by atoms with Crippen LogP contribution < -0.4 is 4.74 Å². The van der Waals surface area contributed by atoms with Gasteiger partial charge in [0.25, 0.3) is 0 Å². The van der Waals surface area contributed by atoms with Crippen LogP contribution >= 0.6 is 0 Å². The van der Waals surface area contributed by atoms with Crippen LogP contribution in [0.25, 0.3) is 0 Å². The number of hydrogen-bond acceptors (Lipinski definition) is 6. The number of Topliss-reactive ketones (excluding diaryl/α,β-unsaturated/α-hetero) is 1. The van der Waals surface area contributed by atoms with Crippen LogP contribution in [0.3, 0.4) is 0 Å². The second kappa shape index (κ2) is 7.80. The van der Waals surface area contributed by atoms with Crippen molar-refractivity contribution in [1.29, 1.82) is 10.7 Å². The van der Waals surface area contributed by atoms with Gasteiger partial charge >= 0.3 is 5.97 Å². The Morgan fingerprint density at radius 1 is 1.38 bits per heavy atom. The third-order valence-electron chi connectivity index (χ3n) is 2.61. The maximum absolute atomic E-state index is 11.6. The molecule has 0 unspecified atom stereocenters. The number of carbonyl (C=O) groups excluding carboxylic acids is 2. The number of benzene rings is 1. The van der Waals surface area contributed by atoms with Gasteiger partial charge < -0.3 is 14.9 Å². The molecule has 1 aromatic rings. The highest BCUT2D eigenvalue weighted by Gasteiger charge is 2.21. The minimum atomic E-state index is -1.17. The van der Waals surface area contributed by atoms with Gasteiger partial charge in [-0.3, -0.25) is 4.79 Å². The molecule has 0 aromatic heterocycles. The summed E-state index contributed by atoms with van der Waals surface area (Å²) in [6, 6.07) is 8.85. The number of carbonyl (C=O) groups is 2. The minimum Gasteiger partial charge on any atom is -0.482 e. The fourth-order valence-corrected chi connectivity index (χ4v) is 1.53. The first kappa shape index (κ1) is 16.4. The first-order valence-corrected chi connectivity index (χ1v) is 6.26. The lowest BCUT2D eigenvalue weighted by Crippen LogP contribution is -2.27. The van der Waals surface area contributed by atoms with Crippen molar-refractivity contribution in [2.24, 2.45) is 5.92 Å². The maximum Gasteiger partial charge on any atom is 0.344 e. The summed E-state index contributed by atoms with van der Waals surface area (Å²) in [5.41, 5.74) is 0.920. The van der Waals surface area contributed by atoms with Crippen molar-refractivity contribution in [2.75, 3.05) is 13.2 Å². The van der Waals surface area contributed by atoms with Crippen molar-refractivity contribution < 1.29 is 19.1 Å². The molecule has 0 bridgehead atoms. The molecule has 0 aliphatic rings. The van der Waals surface area contributed by atoms with E-state index < -0.39 is 24.3 Å². The zero-order chi connectivity index (χ0) is 15.8. The molecule has 0 aliphatic carbocycles. The van der Waals surface area contributed by atoms with E-state index in [0.29, 0.717) is 5.75 Å². The summed E-state index contributed by atoms with van der Waals surface area (Å²) in [6.45, 7) is 2.39. The van der Waals surface area contributed by atoms with Crippen molar-refractivity contribution in [3.63, 3.8) is 0 Å². The topological polar surface area (TPSA) is 100 Å². The molecule has 0 spiro atoms. The molecule has 0 saturated carbocycles. The van der Waals surface area contributed by atoms with Crippen molar-refractivity contribution in [3.05, 3.63) is 29.8 Å². The van der Waals surface area contributed by atoms with E-state index >= 15 is 0 Å². The number of rotatable bonds is 7. The average molecular weight is 288 g/mol. The summed E-state index contributed by atoms with van der Waals surface area (Å²) in [5.74, 6) is -1.96. The Hall–Kier alpha value is -2.68. The zero-order valence-corrected chi connectivity index (χ0v) is 11.9. The van der Waals surface area contributed by atoms with Crippen LogP contribution in [0.1, 0.15) is 12.5 Å². The molecule has 110 valence electrons. The summed E-state index contributed by atoms with van der Waals surface area (Å²) in [7, 11) is 0. The van der Waals surface area contributed by atoms with Crippen molar-refractivity contribution in [3.8, 4) is 11.8 Å². The number of esters is 1. The van der Waals surface area contributed by atoms with Gasteiger partial charge in [-0.1, -0.05) is 12.1 Å². The van der Waals surface area contributed by atoms with E-state index in [9.17, 15) is 9.59 Å². The molecule has 6 heteroatoms. The number of nitrogens with zero attached hydrogens (tertiary/aromatic N) is 1. The Kier molecular flexibility index (Phi) is 6.08. The lowest BCUT2D eigenvalue weighted by molar-refractivity contribution is -0.150. The number of hydrogen-bond donors (Lipinski definition) is 1. The molecular formula is C15H16N2O4. The fraction of sp³-hybridized carbons (Fsp3) is 0.333. The molecule has 1 N–H and O–H groups in total. The fourth-order valence-electron chi connectivity index (χ4n) is 1.53. The molecule has 21 heavy (non-hydrogen) atoms. The van der Waals surface area contributed by atoms with Gasteiger partial charge in [-0.25, -0.2) is 4.79 Å². The van der Waals surface area contributed by atoms with Gasteiger partial charge in [0.05, 0.1) is 6.07 Å². The highest BCUT2D eigenvalue weighted by atomic mass is 16.6. The van der Waals surface area contributed by atoms with Gasteiger partial charge in [0.15, 0.2) is 19.0 Å². The Balaban J connectivity index is 2.40. The molecule has 0 heterocycles. The molecule has 0 fully saturated rings. The molecular weight excluding hydrogens is 272 g/mol. The molecule has 0 amide bonds. The van der Waals surface area contributed by atoms with Gasteiger partial charge in [0, 0.05) is 5.71 Å². The molecule has 0 saturated heterocycles. The van der Waals surface area contributed by atoms with Crippen molar-refractivity contribution in [2.45, 2.75) is 13.8 Å². The second-order valence-corrected chi connectivity index (χ2v) is 4.48. The lowest BCUT2D eigenvalue weighted by atomic mass is 10.0. The summed E-state index contributed by atoms with van der Waals surface area (Å²) in [6.07, 6.45) is 0. The van der Waals surface area contributed by atoms with Crippen LogP contribution in [-0.2, 0) is 14.3 Å². The van der Waals surface area contributed by atoms with E-state index in [1.54, 1.807) is 24.3 Å². The molecule has 1 rings (SSSR count). The first-order chi connectivity index (χ1) is 9.93. The van der Waals surface area contributed by atoms with Gasteiger partial charge in [-0.05, 0) is 31.5 Å². The molecule has 0 radical (unpaired) electrons. The third kappa shape index (κ3) is 5.45. The summed E-state index contributed by atoms with van der Waals surface area (Å²) in [4.78, 5) is 23.0. The monoisotopic (exact) mass is 288 g/mol. The molecule has 0 aliphatic heterocycles. The SMILES string of the molecule is CC(=N)[C@H](C#N)C(=O)COC(=O)COc1cccc(C)c1. The standard InChI is InChI=1S/C15H16N2O4/c1-10-4-3-5-12(6-10)20-9-15(19)21-8-14(18)13(7-16)11(2)17/h3-6,13,17H,8-9H2,1-2H3/t13-/m0/s1. The van der Waals surface area contributed by atoms with Crippen LogP contribution in [0.2, 0.25) is 0 Å². The third-order valence-corrected chi connectivity index (χ3v) is 2.61. The highest BCUT2D eigenvalue weighted by molar-refractivity contribution is 6.06. The normalized spacial score (nSPS) is 11.1. The van der Waals surface area contributed by atoms with Gasteiger partial charge in [-0.2, -0.15) is 5.26 Å². The van der Waals surface area contributed by atoms with Gasteiger partial charge in [0.1, 0.15) is 11.7 Å².